The Labute approximate surface area is 123 Å². The summed E-state index contributed by atoms with van der Waals surface area (Å²) in [4.78, 5) is 11.0. The summed E-state index contributed by atoms with van der Waals surface area (Å²) in [5.74, 6) is -0.485. The number of anilines is 1. The molecule has 112 valence electrons. The second kappa shape index (κ2) is 6.43. The number of hydrogen-bond acceptors (Lipinski definition) is 5. The number of halogens is 1. The summed E-state index contributed by atoms with van der Waals surface area (Å²) in [5, 5.41) is 0.0987. The molecule has 0 aliphatic carbocycles. The normalized spacial score (nSPS) is 11.7. The number of ether oxygens (including phenoxy) is 1. The van der Waals surface area contributed by atoms with Crippen LogP contribution in [-0.4, -0.2) is 39.4 Å². The lowest BCUT2D eigenvalue weighted by molar-refractivity contribution is -0.140. The molecule has 0 saturated carbocycles. The summed E-state index contributed by atoms with van der Waals surface area (Å²) in [6.45, 7) is 1.73. The van der Waals surface area contributed by atoms with Crippen LogP contribution >= 0.6 is 11.6 Å². The van der Waals surface area contributed by atoms with Crippen LogP contribution in [0.2, 0.25) is 5.02 Å². The van der Waals surface area contributed by atoms with E-state index < -0.39 is 16.0 Å². The fraction of sp³-hybridized carbons (Fsp3) is 0.417. The molecule has 0 fully saturated rings. The Bertz CT molecular complexity index is 616. The second-order valence-corrected chi connectivity index (χ2v) is 6.71. The fourth-order valence-electron chi connectivity index (χ4n) is 1.51. The molecule has 2 N–H and O–H groups in total. The van der Waals surface area contributed by atoms with Gasteiger partial charge in [0.2, 0.25) is 10.0 Å². The van der Waals surface area contributed by atoms with Gasteiger partial charge in [-0.3, -0.25) is 4.79 Å². The van der Waals surface area contributed by atoms with E-state index in [2.05, 4.69) is 4.74 Å². The van der Waals surface area contributed by atoms with Crippen LogP contribution in [0.15, 0.2) is 17.0 Å². The molecule has 0 heterocycles. The van der Waals surface area contributed by atoms with Gasteiger partial charge in [0, 0.05) is 19.3 Å². The van der Waals surface area contributed by atoms with Crippen molar-refractivity contribution in [2.45, 2.75) is 18.2 Å². The molecule has 0 aliphatic rings. The Morgan fingerprint density at radius 3 is 2.60 bits per heavy atom. The SMILES string of the molecule is COC(=O)CCN(C)S(=O)(=O)c1cc(N)c(C)cc1Cl. The molecule has 0 atom stereocenters. The summed E-state index contributed by atoms with van der Waals surface area (Å²) in [5.41, 5.74) is 6.76. The first kappa shape index (κ1) is 16.7. The monoisotopic (exact) mass is 320 g/mol. The van der Waals surface area contributed by atoms with Gasteiger partial charge < -0.3 is 10.5 Å². The molecule has 8 heteroatoms. The zero-order valence-corrected chi connectivity index (χ0v) is 13.1. The molecule has 1 aromatic rings. The topological polar surface area (TPSA) is 89.7 Å². The zero-order chi connectivity index (χ0) is 15.5. The first-order valence-corrected chi connectivity index (χ1v) is 7.60. The van der Waals surface area contributed by atoms with Crippen LogP contribution < -0.4 is 5.73 Å². The van der Waals surface area contributed by atoms with Gasteiger partial charge in [0.15, 0.2) is 0 Å². The molecule has 0 aliphatic heterocycles. The van der Waals surface area contributed by atoms with Crippen LogP contribution in [0.25, 0.3) is 0 Å². The van der Waals surface area contributed by atoms with E-state index in [0.717, 1.165) is 4.31 Å². The van der Waals surface area contributed by atoms with Gasteiger partial charge in [-0.15, -0.1) is 0 Å². The summed E-state index contributed by atoms with van der Waals surface area (Å²) in [7, 11) is -1.19. The van der Waals surface area contributed by atoms with Crippen molar-refractivity contribution in [1.82, 2.24) is 4.31 Å². The van der Waals surface area contributed by atoms with Gasteiger partial charge >= 0.3 is 5.97 Å². The highest BCUT2D eigenvalue weighted by Gasteiger charge is 2.24. The van der Waals surface area contributed by atoms with E-state index in [0.29, 0.717) is 11.3 Å². The predicted molar refractivity (Wildman–Crippen MR) is 77.1 cm³/mol. The number of hydrogen-bond donors (Lipinski definition) is 1. The molecular weight excluding hydrogens is 304 g/mol. The number of esters is 1. The first-order chi connectivity index (χ1) is 9.20. The molecule has 0 bridgehead atoms. The summed E-state index contributed by atoms with van der Waals surface area (Å²) >= 11 is 5.97. The minimum Gasteiger partial charge on any atom is -0.469 e. The van der Waals surface area contributed by atoms with Crippen molar-refractivity contribution in [3.8, 4) is 0 Å². The van der Waals surface area contributed by atoms with Crippen molar-refractivity contribution in [2.75, 3.05) is 26.4 Å². The Hall–Kier alpha value is -1.31. The number of carbonyl (C=O) groups excluding carboxylic acids is 1. The third-order valence-corrected chi connectivity index (χ3v) is 5.19. The van der Waals surface area contributed by atoms with E-state index in [1.54, 1.807) is 6.92 Å². The molecule has 20 heavy (non-hydrogen) atoms. The molecule has 0 unspecified atom stereocenters. The zero-order valence-electron chi connectivity index (χ0n) is 11.5. The maximum Gasteiger partial charge on any atom is 0.306 e. The summed E-state index contributed by atoms with van der Waals surface area (Å²) in [6, 6.07) is 2.82. The van der Waals surface area contributed by atoms with Crippen LogP contribution in [-0.2, 0) is 19.6 Å². The highest BCUT2D eigenvalue weighted by molar-refractivity contribution is 7.89. The molecular formula is C12H17ClN2O4S. The number of sulfonamides is 1. The molecule has 0 saturated heterocycles. The number of rotatable bonds is 5. The third kappa shape index (κ3) is 3.62. The highest BCUT2D eigenvalue weighted by Crippen LogP contribution is 2.28. The standard InChI is InChI=1S/C12H17ClN2O4S/c1-8-6-9(13)11(7-10(8)14)20(17,18)15(2)5-4-12(16)19-3/h6-7H,4-5,14H2,1-3H3. The first-order valence-electron chi connectivity index (χ1n) is 5.79. The van der Waals surface area contributed by atoms with Crippen LogP contribution in [0.4, 0.5) is 5.69 Å². The number of nitrogens with zero attached hydrogens (tertiary/aromatic N) is 1. The molecule has 1 aromatic carbocycles. The van der Waals surface area contributed by atoms with Gasteiger partial charge in [-0.25, -0.2) is 12.7 Å². The number of methoxy groups -OCH3 is 1. The summed E-state index contributed by atoms with van der Waals surface area (Å²) in [6.07, 6.45) is -0.0365. The average Bonchev–Trinajstić information content (AvgIpc) is 2.39. The van der Waals surface area contributed by atoms with Gasteiger partial charge in [0.1, 0.15) is 4.90 Å². The average molecular weight is 321 g/mol. The predicted octanol–water partition coefficient (Wildman–Crippen LogP) is 1.41. The van der Waals surface area contributed by atoms with Gasteiger partial charge in [-0.2, -0.15) is 0 Å². The Morgan fingerprint density at radius 2 is 2.05 bits per heavy atom. The molecule has 0 spiro atoms. The smallest absolute Gasteiger partial charge is 0.306 e. The Morgan fingerprint density at radius 1 is 1.45 bits per heavy atom. The molecule has 0 amide bonds. The van der Waals surface area contributed by atoms with E-state index in [1.807, 2.05) is 0 Å². The van der Waals surface area contributed by atoms with Crippen LogP contribution in [0.3, 0.4) is 0 Å². The number of aryl methyl sites for hydroxylation is 1. The maximum absolute atomic E-state index is 12.4. The van der Waals surface area contributed by atoms with Crippen LogP contribution in [0, 0.1) is 6.92 Å². The van der Waals surface area contributed by atoms with Crippen LogP contribution in [0.5, 0.6) is 0 Å². The van der Waals surface area contributed by atoms with Crippen molar-refractivity contribution in [3.05, 3.63) is 22.7 Å². The minimum absolute atomic E-state index is 0.000876. The molecule has 6 nitrogen and oxygen atoms in total. The van der Waals surface area contributed by atoms with E-state index >= 15 is 0 Å². The van der Waals surface area contributed by atoms with Gasteiger partial charge in [-0.1, -0.05) is 11.6 Å². The Balaban J connectivity index is 3.04. The van der Waals surface area contributed by atoms with Gasteiger partial charge in [-0.05, 0) is 24.6 Å². The lowest BCUT2D eigenvalue weighted by atomic mass is 10.2. The fourth-order valence-corrected chi connectivity index (χ4v) is 3.26. The molecule has 1 rings (SSSR count). The van der Waals surface area contributed by atoms with E-state index in [4.69, 9.17) is 17.3 Å². The van der Waals surface area contributed by atoms with Crippen molar-refractivity contribution < 1.29 is 17.9 Å². The maximum atomic E-state index is 12.4. The van der Waals surface area contributed by atoms with Crippen molar-refractivity contribution in [1.29, 1.82) is 0 Å². The molecule has 0 aromatic heterocycles. The van der Waals surface area contributed by atoms with Crippen molar-refractivity contribution >= 4 is 33.3 Å². The third-order valence-electron chi connectivity index (χ3n) is 2.87. The van der Waals surface area contributed by atoms with Gasteiger partial charge in [0.05, 0.1) is 18.6 Å². The van der Waals surface area contributed by atoms with Gasteiger partial charge in [0.25, 0.3) is 0 Å². The quantitative estimate of drug-likeness (QED) is 0.654. The molecule has 0 radical (unpaired) electrons. The lowest BCUT2D eigenvalue weighted by Gasteiger charge is -2.18. The van der Waals surface area contributed by atoms with Crippen molar-refractivity contribution in [2.24, 2.45) is 0 Å². The summed E-state index contributed by atoms with van der Waals surface area (Å²) < 4.78 is 30.2. The van der Waals surface area contributed by atoms with E-state index in [-0.39, 0.29) is 22.9 Å². The van der Waals surface area contributed by atoms with Crippen LogP contribution in [0.1, 0.15) is 12.0 Å². The number of nitrogens with two attached hydrogens (primary N) is 1. The number of nitrogen functional groups attached to an aromatic ring is 1. The largest absolute Gasteiger partial charge is 0.469 e. The minimum atomic E-state index is -3.80. The Kier molecular flexibility index (Phi) is 5.38. The number of carbonyl (C=O) groups is 1. The highest BCUT2D eigenvalue weighted by atomic mass is 35.5. The van der Waals surface area contributed by atoms with E-state index in [9.17, 15) is 13.2 Å². The van der Waals surface area contributed by atoms with Crippen molar-refractivity contribution in [3.63, 3.8) is 0 Å². The number of benzene rings is 1. The lowest BCUT2D eigenvalue weighted by Crippen LogP contribution is -2.29. The van der Waals surface area contributed by atoms with E-state index in [1.165, 1.54) is 26.3 Å². The second-order valence-electron chi connectivity index (χ2n) is 4.29.